The largest absolute Gasteiger partial charge is 0.490 e. The molecule has 36 heavy (non-hydrogen) atoms. The van der Waals surface area contributed by atoms with Crippen molar-refractivity contribution in [2.75, 3.05) is 11.9 Å². The molecular formula is C28H26ClN3O3S. The molecule has 1 fully saturated rings. The van der Waals surface area contributed by atoms with Gasteiger partial charge in [0.05, 0.1) is 28.2 Å². The van der Waals surface area contributed by atoms with Gasteiger partial charge in [0.25, 0.3) is 5.91 Å². The fraction of sp³-hybridized carbons (Fsp3) is 0.214. The van der Waals surface area contributed by atoms with Gasteiger partial charge in [-0.3, -0.25) is 4.79 Å². The van der Waals surface area contributed by atoms with Crippen LogP contribution in [0.2, 0.25) is 5.02 Å². The molecule has 0 unspecified atom stereocenters. The number of anilines is 1. The van der Waals surface area contributed by atoms with Gasteiger partial charge in [0.1, 0.15) is 6.61 Å². The Morgan fingerprint density at radius 1 is 1.14 bits per heavy atom. The first-order valence-corrected chi connectivity index (χ1v) is 12.9. The highest BCUT2D eigenvalue weighted by Gasteiger charge is 2.27. The number of hydrogen-bond acceptors (Lipinski definition) is 6. The Hall–Kier alpha value is -3.60. The van der Waals surface area contributed by atoms with Gasteiger partial charge in [-0.2, -0.15) is 5.26 Å². The van der Waals surface area contributed by atoms with Crippen LogP contribution in [0.3, 0.4) is 0 Å². The zero-order chi connectivity index (χ0) is 25.5. The number of amides is 1. The molecular weight excluding hydrogens is 494 g/mol. The minimum Gasteiger partial charge on any atom is -0.490 e. The van der Waals surface area contributed by atoms with Crippen molar-refractivity contribution in [1.82, 2.24) is 5.32 Å². The number of hydrogen-bond donors (Lipinski definition) is 2. The number of nitriles is 1. The average Bonchev–Trinajstić information content (AvgIpc) is 3.22. The third-order valence-electron chi connectivity index (χ3n) is 5.53. The first-order chi connectivity index (χ1) is 17.5. The minimum atomic E-state index is -0.277. The topological polar surface area (TPSA) is 83.4 Å². The van der Waals surface area contributed by atoms with Crippen LogP contribution in [0.5, 0.6) is 11.5 Å². The van der Waals surface area contributed by atoms with E-state index in [1.165, 1.54) is 17.3 Å². The molecule has 1 aliphatic rings. The Balaban J connectivity index is 1.51. The van der Waals surface area contributed by atoms with Gasteiger partial charge in [0.15, 0.2) is 17.0 Å². The highest BCUT2D eigenvalue weighted by Crippen LogP contribution is 2.39. The molecule has 1 aliphatic heterocycles. The summed E-state index contributed by atoms with van der Waals surface area (Å²) in [5.41, 5.74) is 3.94. The molecule has 1 amide bonds. The Morgan fingerprint density at radius 2 is 1.92 bits per heavy atom. The fourth-order valence-corrected chi connectivity index (χ4v) is 4.94. The monoisotopic (exact) mass is 519 g/mol. The Bertz CT molecular complexity index is 1320. The fourth-order valence-electron chi connectivity index (χ4n) is 3.68. The standard InChI is InChI=1S/C28H26ClN3O3S/c1-3-18-9-11-22(12-10-18)31-28-32-27(33)25(36-28)15-19-13-23(29)26(24(14-19)34-4-2)35-17-21-8-6-5-7-20(21)16-30/h5-15,28,31H,3-4,17H2,1-2H3,(H,32,33)/b25-15-/t28-/m1/s1. The van der Waals surface area contributed by atoms with E-state index in [9.17, 15) is 10.1 Å². The zero-order valence-electron chi connectivity index (χ0n) is 20.0. The number of nitrogens with one attached hydrogen (secondary N) is 2. The number of carbonyl (C=O) groups excluding carboxylic acids is 1. The minimum absolute atomic E-state index is 0.162. The third-order valence-corrected chi connectivity index (χ3v) is 6.84. The Labute approximate surface area is 220 Å². The van der Waals surface area contributed by atoms with Crippen LogP contribution < -0.4 is 20.1 Å². The van der Waals surface area contributed by atoms with Gasteiger partial charge >= 0.3 is 0 Å². The first kappa shape index (κ1) is 25.5. The van der Waals surface area contributed by atoms with E-state index in [0.29, 0.717) is 33.6 Å². The lowest BCUT2D eigenvalue weighted by Crippen LogP contribution is -2.30. The molecule has 8 heteroatoms. The van der Waals surface area contributed by atoms with Crippen LogP contribution in [0.15, 0.2) is 65.6 Å². The molecule has 0 saturated carbocycles. The Kier molecular flexibility index (Phi) is 8.42. The second kappa shape index (κ2) is 11.9. The maximum absolute atomic E-state index is 12.6. The van der Waals surface area contributed by atoms with Gasteiger partial charge in [0, 0.05) is 11.3 Å². The predicted octanol–water partition coefficient (Wildman–Crippen LogP) is 6.35. The second-order valence-electron chi connectivity index (χ2n) is 8.00. The van der Waals surface area contributed by atoms with Gasteiger partial charge in [-0.15, -0.1) is 0 Å². The Morgan fingerprint density at radius 3 is 2.64 bits per heavy atom. The number of halogens is 1. The number of benzene rings is 3. The summed E-state index contributed by atoms with van der Waals surface area (Å²) in [5, 5.41) is 16.0. The van der Waals surface area contributed by atoms with Gasteiger partial charge in [-0.05, 0) is 60.9 Å². The molecule has 0 radical (unpaired) electrons. The van der Waals surface area contributed by atoms with Crippen molar-refractivity contribution in [2.45, 2.75) is 32.4 Å². The van der Waals surface area contributed by atoms with Gasteiger partial charge in [0.2, 0.25) is 0 Å². The smallest absolute Gasteiger partial charge is 0.260 e. The van der Waals surface area contributed by atoms with E-state index in [4.69, 9.17) is 21.1 Å². The predicted molar refractivity (Wildman–Crippen MR) is 145 cm³/mol. The summed E-state index contributed by atoms with van der Waals surface area (Å²) in [6, 6.07) is 21.1. The van der Waals surface area contributed by atoms with Crippen molar-refractivity contribution in [2.24, 2.45) is 0 Å². The van der Waals surface area contributed by atoms with Gasteiger partial charge < -0.3 is 20.1 Å². The number of nitrogens with zero attached hydrogens (tertiary/aromatic N) is 1. The maximum Gasteiger partial charge on any atom is 0.260 e. The van der Waals surface area contributed by atoms with Crippen LogP contribution >= 0.6 is 23.4 Å². The van der Waals surface area contributed by atoms with Crippen LogP contribution in [-0.4, -0.2) is 18.0 Å². The average molecular weight is 520 g/mol. The molecule has 1 heterocycles. The van der Waals surface area contributed by atoms with E-state index in [-0.39, 0.29) is 18.0 Å². The van der Waals surface area contributed by atoms with E-state index in [1.54, 1.807) is 24.3 Å². The summed E-state index contributed by atoms with van der Waals surface area (Å²) in [4.78, 5) is 13.2. The molecule has 0 bridgehead atoms. The summed E-state index contributed by atoms with van der Waals surface area (Å²) in [6.07, 6.45) is 2.76. The molecule has 2 N–H and O–H groups in total. The highest BCUT2D eigenvalue weighted by molar-refractivity contribution is 8.05. The van der Waals surface area contributed by atoms with Gasteiger partial charge in [-0.1, -0.05) is 60.6 Å². The van der Waals surface area contributed by atoms with Crippen molar-refractivity contribution in [3.05, 3.63) is 92.8 Å². The lowest BCUT2D eigenvalue weighted by molar-refractivity contribution is -0.116. The van der Waals surface area contributed by atoms with E-state index in [1.807, 2.05) is 37.3 Å². The van der Waals surface area contributed by atoms with E-state index in [0.717, 1.165) is 23.2 Å². The molecule has 1 saturated heterocycles. The van der Waals surface area contributed by atoms with Crippen molar-refractivity contribution < 1.29 is 14.3 Å². The summed E-state index contributed by atoms with van der Waals surface area (Å²) < 4.78 is 11.8. The molecule has 3 aromatic rings. The number of aryl methyl sites for hydroxylation is 1. The van der Waals surface area contributed by atoms with E-state index < -0.39 is 0 Å². The van der Waals surface area contributed by atoms with Gasteiger partial charge in [-0.25, -0.2) is 0 Å². The molecule has 1 atom stereocenters. The third kappa shape index (κ3) is 6.14. The number of carbonyl (C=O) groups is 1. The first-order valence-electron chi connectivity index (χ1n) is 11.6. The molecule has 4 rings (SSSR count). The summed E-state index contributed by atoms with van der Waals surface area (Å²) in [6.45, 7) is 4.58. The van der Waals surface area contributed by atoms with Crippen LogP contribution in [0.25, 0.3) is 6.08 Å². The molecule has 0 spiro atoms. The van der Waals surface area contributed by atoms with Crippen molar-refractivity contribution in [3.63, 3.8) is 0 Å². The summed E-state index contributed by atoms with van der Waals surface area (Å²) in [7, 11) is 0. The number of rotatable bonds is 9. The normalized spacial score (nSPS) is 15.9. The zero-order valence-corrected chi connectivity index (χ0v) is 21.6. The van der Waals surface area contributed by atoms with Crippen molar-refractivity contribution in [1.29, 1.82) is 5.26 Å². The summed E-state index contributed by atoms with van der Waals surface area (Å²) >= 11 is 7.98. The molecule has 0 aliphatic carbocycles. The second-order valence-corrected chi connectivity index (χ2v) is 9.55. The van der Waals surface area contributed by atoms with Crippen molar-refractivity contribution in [3.8, 4) is 17.6 Å². The van der Waals surface area contributed by atoms with Crippen molar-refractivity contribution >= 4 is 41.0 Å². The molecule has 6 nitrogen and oxygen atoms in total. The SMILES string of the molecule is CCOc1cc(/C=C2\S[C@H](Nc3ccc(CC)cc3)NC2=O)cc(Cl)c1OCc1ccccc1C#N. The van der Waals surface area contributed by atoms with Crippen LogP contribution in [0.1, 0.15) is 36.1 Å². The molecule has 184 valence electrons. The van der Waals surface area contributed by atoms with Crippen LogP contribution in [0.4, 0.5) is 5.69 Å². The van der Waals surface area contributed by atoms with Crippen LogP contribution in [-0.2, 0) is 17.8 Å². The van der Waals surface area contributed by atoms with Crippen LogP contribution in [0, 0.1) is 11.3 Å². The highest BCUT2D eigenvalue weighted by atomic mass is 35.5. The molecule has 3 aromatic carbocycles. The molecule has 0 aromatic heterocycles. The van der Waals surface area contributed by atoms with E-state index >= 15 is 0 Å². The quantitative estimate of drug-likeness (QED) is 0.320. The summed E-state index contributed by atoms with van der Waals surface area (Å²) in [5.74, 6) is 0.706. The lowest BCUT2D eigenvalue weighted by Gasteiger charge is -2.15. The van der Waals surface area contributed by atoms with E-state index in [2.05, 4.69) is 35.8 Å². The number of ether oxygens (including phenoxy) is 2. The maximum atomic E-state index is 12.6. The number of thioether (sulfide) groups is 1. The lowest BCUT2D eigenvalue weighted by atomic mass is 10.1.